The molecule has 1 aromatic heterocycles. The number of benzene rings is 2. The number of nitrogens with zero attached hydrogens (tertiary/aromatic N) is 4. The van der Waals surface area contributed by atoms with Gasteiger partial charge in [-0.05, 0) is 48.5 Å². The Morgan fingerprint density at radius 1 is 1.08 bits per heavy atom. The fourth-order valence-electron chi connectivity index (χ4n) is 4.79. The van der Waals surface area contributed by atoms with Crippen LogP contribution in [0, 0.1) is 0 Å². The molecule has 4 bridgehead atoms. The van der Waals surface area contributed by atoms with Gasteiger partial charge in [-0.3, -0.25) is 19.2 Å². The molecular formula is C27H31N5O5. The van der Waals surface area contributed by atoms with Gasteiger partial charge in [-0.1, -0.05) is 18.2 Å². The van der Waals surface area contributed by atoms with E-state index in [1.807, 2.05) is 54.4 Å². The third kappa shape index (κ3) is 5.60. The number of likely N-dealkylation sites (N-methyl/N-ethyl adjacent to an activating group) is 1. The number of aromatic nitrogens is 2. The van der Waals surface area contributed by atoms with Crippen LogP contribution < -0.4 is 14.8 Å². The third-order valence-electron chi connectivity index (χ3n) is 6.62. The van der Waals surface area contributed by atoms with E-state index in [1.165, 1.54) is 0 Å². The highest BCUT2D eigenvalue weighted by Gasteiger charge is 2.38. The van der Waals surface area contributed by atoms with E-state index in [4.69, 9.17) is 14.2 Å². The molecule has 2 aliphatic heterocycles. The minimum absolute atomic E-state index is 0.130. The summed E-state index contributed by atoms with van der Waals surface area (Å²) in [6.45, 7) is 1.76. The smallest absolute Gasteiger partial charge is 0.272 e. The van der Waals surface area contributed by atoms with E-state index in [-0.39, 0.29) is 30.5 Å². The molecular weight excluding hydrogens is 474 g/mol. The molecule has 10 heteroatoms. The van der Waals surface area contributed by atoms with Gasteiger partial charge in [0.2, 0.25) is 5.91 Å². The van der Waals surface area contributed by atoms with Crippen molar-refractivity contribution in [2.75, 3.05) is 33.8 Å². The second kappa shape index (κ2) is 10.6. The van der Waals surface area contributed by atoms with Crippen molar-refractivity contribution >= 4 is 11.8 Å². The van der Waals surface area contributed by atoms with Crippen LogP contribution in [0.25, 0.3) is 0 Å². The Morgan fingerprint density at radius 3 is 2.73 bits per heavy atom. The molecule has 0 radical (unpaired) electrons. The zero-order chi connectivity index (χ0) is 25.9. The van der Waals surface area contributed by atoms with Gasteiger partial charge in [0.15, 0.2) is 11.5 Å². The first kappa shape index (κ1) is 24.8. The van der Waals surface area contributed by atoms with Crippen LogP contribution in [0.4, 0.5) is 0 Å². The summed E-state index contributed by atoms with van der Waals surface area (Å²) in [5, 5.41) is 7.21. The Labute approximate surface area is 215 Å². The molecule has 37 heavy (non-hydrogen) atoms. The van der Waals surface area contributed by atoms with Gasteiger partial charge in [-0.2, -0.15) is 5.10 Å². The lowest BCUT2D eigenvalue weighted by atomic mass is 10.1. The van der Waals surface area contributed by atoms with Gasteiger partial charge in [-0.15, -0.1) is 0 Å². The highest BCUT2D eigenvalue weighted by molar-refractivity contribution is 5.93. The molecule has 0 spiro atoms. The fraction of sp³-hybridized carbons (Fsp3) is 0.370. The summed E-state index contributed by atoms with van der Waals surface area (Å²) in [4.78, 5) is 29.8. The van der Waals surface area contributed by atoms with Crippen molar-refractivity contribution in [3.8, 4) is 17.2 Å². The van der Waals surface area contributed by atoms with E-state index in [2.05, 4.69) is 10.4 Å². The van der Waals surface area contributed by atoms with Crippen LogP contribution in [0.5, 0.6) is 17.2 Å². The van der Waals surface area contributed by atoms with Gasteiger partial charge in [0, 0.05) is 32.9 Å². The topological polar surface area (TPSA) is 98.2 Å². The lowest BCUT2D eigenvalue weighted by Crippen LogP contribution is -2.47. The standard InChI is InChI=1S/C27H31N5O5/c1-30-13-18-7-8-23(35-3)24(12-18)37-20-6-4-5-19(11-20)17-36-25-15-32(14-21(25)29-26(33)16-30)27(34)22-9-10-28-31(22)2/h4-12,21,25H,13-17H2,1-3H3,(H,29,33)/t21-,25-/m0/s1. The molecule has 1 N–H and O–H groups in total. The third-order valence-corrected chi connectivity index (χ3v) is 6.62. The first-order chi connectivity index (χ1) is 17.9. The highest BCUT2D eigenvalue weighted by Crippen LogP contribution is 2.33. The predicted octanol–water partition coefficient (Wildman–Crippen LogP) is 2.19. The number of methoxy groups -OCH3 is 1. The monoisotopic (exact) mass is 505 g/mol. The maximum atomic E-state index is 13.1. The average molecular weight is 506 g/mol. The van der Waals surface area contributed by atoms with Gasteiger partial charge in [0.05, 0.1) is 32.4 Å². The molecule has 3 aromatic rings. The van der Waals surface area contributed by atoms with Gasteiger partial charge >= 0.3 is 0 Å². The summed E-state index contributed by atoms with van der Waals surface area (Å²) in [5.74, 6) is 1.62. The van der Waals surface area contributed by atoms with Crippen LogP contribution in [0.2, 0.25) is 0 Å². The van der Waals surface area contributed by atoms with Crippen molar-refractivity contribution in [2.45, 2.75) is 25.3 Å². The van der Waals surface area contributed by atoms with Crippen molar-refractivity contribution in [1.82, 2.24) is 24.9 Å². The van der Waals surface area contributed by atoms with Crippen LogP contribution in [0.3, 0.4) is 0 Å². The molecule has 2 aliphatic rings. The summed E-state index contributed by atoms with van der Waals surface area (Å²) in [6, 6.07) is 14.8. The fourth-order valence-corrected chi connectivity index (χ4v) is 4.79. The molecule has 0 aliphatic carbocycles. The highest BCUT2D eigenvalue weighted by atomic mass is 16.5. The molecule has 1 fully saturated rings. The van der Waals surface area contributed by atoms with Crippen LogP contribution >= 0.6 is 0 Å². The maximum Gasteiger partial charge on any atom is 0.272 e. The number of ether oxygens (including phenoxy) is 3. The summed E-state index contributed by atoms with van der Waals surface area (Å²) in [6.07, 6.45) is 1.23. The molecule has 1 saturated heterocycles. The Kier molecular flexibility index (Phi) is 7.11. The lowest BCUT2D eigenvalue weighted by Gasteiger charge is -2.23. The lowest BCUT2D eigenvalue weighted by molar-refractivity contribution is -0.123. The van der Waals surface area contributed by atoms with Gasteiger partial charge in [0.1, 0.15) is 11.4 Å². The number of aryl methyl sites for hydroxylation is 1. The van der Waals surface area contributed by atoms with Gasteiger partial charge < -0.3 is 24.4 Å². The summed E-state index contributed by atoms with van der Waals surface area (Å²) in [5.41, 5.74) is 2.40. The minimum atomic E-state index is -0.364. The maximum absolute atomic E-state index is 13.1. The Balaban J connectivity index is 1.41. The molecule has 2 aromatic carbocycles. The van der Waals surface area contributed by atoms with Crippen LogP contribution in [0.1, 0.15) is 21.6 Å². The van der Waals surface area contributed by atoms with E-state index >= 15 is 0 Å². The molecule has 0 unspecified atom stereocenters. The summed E-state index contributed by atoms with van der Waals surface area (Å²) < 4.78 is 19.5. The summed E-state index contributed by atoms with van der Waals surface area (Å²) >= 11 is 0. The Hall–Kier alpha value is -3.89. The number of carbonyl (C=O) groups excluding carboxylic acids is 2. The number of likely N-dealkylation sites (tertiary alicyclic amines) is 1. The number of amides is 2. The van der Waals surface area contributed by atoms with Crippen molar-refractivity contribution in [2.24, 2.45) is 7.05 Å². The van der Waals surface area contributed by atoms with Crippen molar-refractivity contribution in [3.63, 3.8) is 0 Å². The number of fused-ring (bicyclic) bond motifs is 5. The van der Waals surface area contributed by atoms with Crippen LogP contribution in [-0.4, -0.2) is 77.3 Å². The van der Waals surface area contributed by atoms with E-state index < -0.39 is 0 Å². The minimum Gasteiger partial charge on any atom is -0.493 e. The first-order valence-corrected chi connectivity index (χ1v) is 12.2. The number of nitrogens with one attached hydrogen (secondary N) is 1. The molecule has 2 amide bonds. The zero-order valence-electron chi connectivity index (χ0n) is 21.2. The molecule has 0 saturated carbocycles. The van der Waals surface area contributed by atoms with E-state index in [0.29, 0.717) is 49.2 Å². The van der Waals surface area contributed by atoms with Crippen molar-refractivity contribution in [3.05, 3.63) is 71.5 Å². The quantitative estimate of drug-likeness (QED) is 0.570. The molecule has 3 heterocycles. The van der Waals surface area contributed by atoms with E-state index in [1.54, 1.807) is 36.0 Å². The Morgan fingerprint density at radius 2 is 1.95 bits per heavy atom. The molecule has 10 nitrogen and oxygen atoms in total. The number of carbonyl (C=O) groups is 2. The second-order valence-electron chi connectivity index (χ2n) is 9.48. The number of rotatable bonds is 2. The number of hydrogen-bond acceptors (Lipinski definition) is 7. The van der Waals surface area contributed by atoms with Crippen LogP contribution in [-0.2, 0) is 29.7 Å². The van der Waals surface area contributed by atoms with Crippen LogP contribution in [0.15, 0.2) is 54.7 Å². The first-order valence-electron chi connectivity index (χ1n) is 12.2. The average Bonchev–Trinajstić information content (AvgIpc) is 3.48. The van der Waals surface area contributed by atoms with Gasteiger partial charge in [-0.25, -0.2) is 0 Å². The summed E-state index contributed by atoms with van der Waals surface area (Å²) in [7, 11) is 5.23. The van der Waals surface area contributed by atoms with E-state index in [0.717, 1.165) is 11.1 Å². The SMILES string of the molecule is COc1ccc2cc1Oc1cccc(c1)CO[C@H]1CN(C(=O)c3ccnn3C)C[C@@H]1NC(=O)CN(C)C2. The van der Waals surface area contributed by atoms with Crippen molar-refractivity contribution < 1.29 is 23.8 Å². The predicted molar refractivity (Wildman–Crippen MR) is 135 cm³/mol. The van der Waals surface area contributed by atoms with Crippen molar-refractivity contribution in [1.29, 1.82) is 0 Å². The second-order valence-corrected chi connectivity index (χ2v) is 9.48. The molecule has 194 valence electrons. The molecule has 2 atom stereocenters. The van der Waals surface area contributed by atoms with E-state index in [9.17, 15) is 9.59 Å². The zero-order valence-corrected chi connectivity index (χ0v) is 21.2. The largest absolute Gasteiger partial charge is 0.493 e. The Bertz CT molecular complexity index is 1290. The van der Waals surface area contributed by atoms with Gasteiger partial charge in [0.25, 0.3) is 5.91 Å². The number of hydrogen-bond donors (Lipinski definition) is 1. The normalized spacial score (nSPS) is 20.6. The molecule has 5 rings (SSSR count).